The van der Waals surface area contributed by atoms with E-state index in [2.05, 4.69) is 9.97 Å². The number of hydrogen-bond donors (Lipinski definition) is 0. The van der Waals surface area contributed by atoms with Gasteiger partial charge in [0, 0.05) is 23.5 Å². The van der Waals surface area contributed by atoms with Gasteiger partial charge in [-0.1, -0.05) is 23.2 Å². The maximum atomic E-state index is 13.9. The summed E-state index contributed by atoms with van der Waals surface area (Å²) in [5, 5.41) is 0.129. The lowest BCUT2D eigenvalue weighted by atomic mass is 10.1. The molecule has 3 aromatic rings. The molecule has 150 valence electrons. The molecule has 0 aliphatic heterocycles. The van der Waals surface area contributed by atoms with E-state index in [0.29, 0.717) is 11.4 Å². The highest BCUT2D eigenvalue weighted by Gasteiger charge is 2.33. The fourth-order valence-electron chi connectivity index (χ4n) is 3.28. The Balaban J connectivity index is 1.79. The fraction of sp³-hybridized carbons (Fsp3) is 0.250. The first-order valence-corrected chi connectivity index (χ1v) is 9.62. The van der Waals surface area contributed by atoms with Crippen molar-refractivity contribution in [3.05, 3.63) is 79.7 Å². The van der Waals surface area contributed by atoms with E-state index in [1.54, 1.807) is 19.1 Å². The minimum atomic E-state index is -0.828. The third kappa shape index (κ3) is 3.84. The summed E-state index contributed by atoms with van der Waals surface area (Å²) in [6.07, 6.45) is 4.25. The molecular formula is C20H15Cl2F2N3O2. The van der Waals surface area contributed by atoms with Crippen molar-refractivity contribution in [1.29, 1.82) is 0 Å². The van der Waals surface area contributed by atoms with Crippen LogP contribution in [0.25, 0.3) is 5.69 Å². The summed E-state index contributed by atoms with van der Waals surface area (Å²) in [5.74, 6) is -1.22. The highest BCUT2D eigenvalue weighted by Crippen LogP contribution is 2.47. The van der Waals surface area contributed by atoms with Crippen LogP contribution >= 0.6 is 23.2 Å². The van der Waals surface area contributed by atoms with Crippen molar-refractivity contribution < 1.29 is 13.5 Å². The minimum absolute atomic E-state index is 0.0769. The molecule has 29 heavy (non-hydrogen) atoms. The number of nitrogens with zero attached hydrogens (tertiary/aromatic N) is 3. The van der Waals surface area contributed by atoms with Crippen LogP contribution in [0.1, 0.15) is 35.7 Å². The average molecular weight is 438 g/mol. The first-order chi connectivity index (χ1) is 13.9. The Bertz CT molecular complexity index is 1160. The highest BCUT2D eigenvalue weighted by molar-refractivity contribution is 6.32. The van der Waals surface area contributed by atoms with Gasteiger partial charge in [0.1, 0.15) is 34.0 Å². The van der Waals surface area contributed by atoms with Gasteiger partial charge in [0.25, 0.3) is 5.56 Å². The molecule has 0 spiro atoms. The van der Waals surface area contributed by atoms with Crippen molar-refractivity contribution in [1.82, 2.24) is 14.5 Å². The Morgan fingerprint density at radius 1 is 1.24 bits per heavy atom. The van der Waals surface area contributed by atoms with Crippen molar-refractivity contribution in [2.24, 2.45) is 0 Å². The molecule has 0 saturated heterocycles. The van der Waals surface area contributed by atoms with Gasteiger partial charge in [-0.3, -0.25) is 14.3 Å². The smallest absolute Gasteiger partial charge is 0.277 e. The summed E-state index contributed by atoms with van der Waals surface area (Å²) >= 11 is 12.4. The van der Waals surface area contributed by atoms with Crippen molar-refractivity contribution in [2.75, 3.05) is 0 Å². The Kier molecular flexibility index (Phi) is 5.27. The van der Waals surface area contributed by atoms with Crippen LogP contribution in [0, 0.1) is 18.6 Å². The molecule has 1 saturated carbocycles. The predicted molar refractivity (Wildman–Crippen MR) is 105 cm³/mol. The van der Waals surface area contributed by atoms with E-state index in [-0.39, 0.29) is 34.1 Å². The lowest BCUT2D eigenvalue weighted by Gasteiger charge is -2.20. The Hall–Kier alpha value is -2.51. The number of rotatable bonds is 5. The molecule has 0 atom stereocenters. The van der Waals surface area contributed by atoms with Crippen LogP contribution in [0.15, 0.2) is 35.4 Å². The maximum absolute atomic E-state index is 13.9. The van der Waals surface area contributed by atoms with Gasteiger partial charge >= 0.3 is 0 Å². The molecule has 1 aliphatic carbocycles. The van der Waals surface area contributed by atoms with E-state index in [0.717, 1.165) is 30.7 Å². The van der Waals surface area contributed by atoms with Crippen molar-refractivity contribution in [3.63, 3.8) is 0 Å². The highest BCUT2D eigenvalue weighted by atomic mass is 35.5. The maximum Gasteiger partial charge on any atom is 0.277 e. The molecule has 9 heteroatoms. The molecule has 4 rings (SSSR count). The molecule has 1 fully saturated rings. The summed E-state index contributed by atoms with van der Waals surface area (Å²) < 4.78 is 34.2. The fourth-order valence-corrected chi connectivity index (χ4v) is 3.69. The van der Waals surface area contributed by atoms with Crippen LogP contribution in [0.4, 0.5) is 8.78 Å². The Morgan fingerprint density at radius 3 is 2.66 bits per heavy atom. The van der Waals surface area contributed by atoms with Crippen LogP contribution in [-0.4, -0.2) is 14.5 Å². The standard InChI is InChI=1S/C20H15Cl2F2N3O2/c1-10-17(11-2-3-11)19(29-9-15-14(24)6-12(23)8-26-15)18(22)20(28)27(10)13-4-5-25-16(21)7-13/h4-8,11H,2-3,9H2,1H3. The topological polar surface area (TPSA) is 57.0 Å². The quantitative estimate of drug-likeness (QED) is 0.528. The third-order valence-electron chi connectivity index (χ3n) is 4.75. The van der Waals surface area contributed by atoms with Crippen LogP contribution < -0.4 is 10.3 Å². The van der Waals surface area contributed by atoms with Gasteiger partial charge in [-0.15, -0.1) is 0 Å². The van der Waals surface area contributed by atoms with Crippen molar-refractivity contribution in [3.8, 4) is 11.4 Å². The molecule has 3 aromatic heterocycles. The number of hydrogen-bond acceptors (Lipinski definition) is 4. The van der Waals surface area contributed by atoms with Crippen molar-refractivity contribution >= 4 is 23.2 Å². The average Bonchev–Trinajstić information content (AvgIpc) is 3.50. The van der Waals surface area contributed by atoms with E-state index >= 15 is 0 Å². The molecule has 5 nitrogen and oxygen atoms in total. The molecule has 0 amide bonds. The monoisotopic (exact) mass is 437 g/mol. The van der Waals surface area contributed by atoms with Gasteiger partial charge in [-0.05, 0) is 37.8 Å². The molecule has 0 bridgehead atoms. The van der Waals surface area contributed by atoms with Crippen molar-refractivity contribution in [2.45, 2.75) is 32.3 Å². The Labute approximate surface area is 174 Å². The molecule has 1 aliphatic rings. The first kappa shape index (κ1) is 19.8. The van der Waals surface area contributed by atoms with Gasteiger partial charge in [-0.2, -0.15) is 0 Å². The molecule has 0 N–H and O–H groups in total. The second-order valence-corrected chi connectivity index (χ2v) is 7.53. The van der Waals surface area contributed by atoms with E-state index in [4.69, 9.17) is 27.9 Å². The number of aromatic nitrogens is 3. The van der Waals surface area contributed by atoms with Crippen LogP contribution in [0.5, 0.6) is 5.75 Å². The number of halogens is 4. The van der Waals surface area contributed by atoms with Gasteiger partial charge in [0.05, 0.1) is 11.9 Å². The predicted octanol–water partition coefficient (Wildman–Crippen LogP) is 4.98. The summed E-state index contributed by atoms with van der Waals surface area (Å²) in [6, 6.07) is 3.96. The zero-order chi connectivity index (χ0) is 20.7. The molecule has 0 radical (unpaired) electrons. The number of ether oxygens (including phenoxy) is 1. The van der Waals surface area contributed by atoms with Crippen LogP contribution in [0.2, 0.25) is 10.2 Å². The largest absolute Gasteiger partial charge is 0.485 e. The summed E-state index contributed by atoms with van der Waals surface area (Å²) in [7, 11) is 0. The molecule has 0 aromatic carbocycles. The zero-order valence-electron chi connectivity index (χ0n) is 15.3. The SMILES string of the molecule is Cc1c(C2CC2)c(OCc2ncc(F)cc2F)c(Cl)c(=O)n1-c1ccnc(Cl)c1. The summed E-state index contributed by atoms with van der Waals surface area (Å²) in [6.45, 7) is 1.51. The summed E-state index contributed by atoms with van der Waals surface area (Å²) in [5.41, 5.74) is 1.41. The molecule has 3 heterocycles. The zero-order valence-corrected chi connectivity index (χ0v) is 16.8. The van der Waals surface area contributed by atoms with E-state index < -0.39 is 17.2 Å². The van der Waals surface area contributed by atoms with Crippen LogP contribution in [-0.2, 0) is 6.61 Å². The van der Waals surface area contributed by atoms with Gasteiger partial charge < -0.3 is 4.74 Å². The normalized spacial score (nSPS) is 13.6. The molecular weight excluding hydrogens is 423 g/mol. The van der Waals surface area contributed by atoms with Gasteiger partial charge in [0.15, 0.2) is 5.82 Å². The van der Waals surface area contributed by atoms with Gasteiger partial charge in [-0.25, -0.2) is 13.8 Å². The minimum Gasteiger partial charge on any atom is -0.485 e. The summed E-state index contributed by atoms with van der Waals surface area (Å²) in [4.78, 5) is 20.6. The van der Waals surface area contributed by atoms with E-state index in [9.17, 15) is 13.6 Å². The van der Waals surface area contributed by atoms with Crippen LogP contribution in [0.3, 0.4) is 0 Å². The second-order valence-electron chi connectivity index (χ2n) is 6.76. The first-order valence-electron chi connectivity index (χ1n) is 8.86. The third-order valence-corrected chi connectivity index (χ3v) is 5.29. The molecule has 0 unspecified atom stereocenters. The lowest BCUT2D eigenvalue weighted by Crippen LogP contribution is -2.24. The second kappa shape index (κ2) is 7.72. The lowest BCUT2D eigenvalue weighted by molar-refractivity contribution is 0.289. The number of pyridine rings is 3. The van der Waals surface area contributed by atoms with E-state index in [1.807, 2.05) is 0 Å². The van der Waals surface area contributed by atoms with Gasteiger partial charge in [0.2, 0.25) is 0 Å². The van der Waals surface area contributed by atoms with E-state index in [1.165, 1.54) is 10.8 Å². The Morgan fingerprint density at radius 2 is 2.00 bits per heavy atom.